The lowest BCUT2D eigenvalue weighted by Crippen LogP contribution is -1.94. The first-order valence-corrected chi connectivity index (χ1v) is 5.54. The standard InChI is InChI=1S/C13H11NO2S/c1-9(15)10-5-6-13(14-8-10)16-11-3-2-4-12(17)7-11/h2-8,17H,1H3. The fourth-order valence-corrected chi connectivity index (χ4v) is 1.53. The molecule has 0 aliphatic rings. The third-order valence-corrected chi connectivity index (χ3v) is 2.46. The van der Waals surface area contributed by atoms with Gasteiger partial charge < -0.3 is 4.74 Å². The van der Waals surface area contributed by atoms with E-state index in [0.29, 0.717) is 17.2 Å². The van der Waals surface area contributed by atoms with Crippen molar-refractivity contribution in [3.8, 4) is 11.6 Å². The average molecular weight is 245 g/mol. The Labute approximate surface area is 105 Å². The minimum Gasteiger partial charge on any atom is -0.439 e. The lowest BCUT2D eigenvalue weighted by atomic mass is 10.2. The van der Waals surface area contributed by atoms with Gasteiger partial charge in [-0.3, -0.25) is 4.79 Å². The van der Waals surface area contributed by atoms with Crippen LogP contribution in [0.3, 0.4) is 0 Å². The molecule has 2 rings (SSSR count). The lowest BCUT2D eigenvalue weighted by Gasteiger charge is -2.05. The van der Waals surface area contributed by atoms with Gasteiger partial charge in [-0.1, -0.05) is 6.07 Å². The number of thiol groups is 1. The van der Waals surface area contributed by atoms with Crippen molar-refractivity contribution in [1.29, 1.82) is 0 Å². The van der Waals surface area contributed by atoms with Gasteiger partial charge in [0.2, 0.25) is 5.88 Å². The number of carbonyl (C=O) groups is 1. The zero-order chi connectivity index (χ0) is 12.3. The Morgan fingerprint density at radius 3 is 2.71 bits per heavy atom. The van der Waals surface area contributed by atoms with Gasteiger partial charge in [-0.05, 0) is 31.2 Å². The third-order valence-electron chi connectivity index (χ3n) is 2.18. The van der Waals surface area contributed by atoms with E-state index in [1.807, 2.05) is 18.2 Å². The van der Waals surface area contributed by atoms with Crippen molar-refractivity contribution in [2.24, 2.45) is 0 Å². The van der Waals surface area contributed by atoms with Crippen LogP contribution in [0.5, 0.6) is 11.6 Å². The number of ether oxygens (including phenoxy) is 1. The molecule has 0 saturated heterocycles. The maximum absolute atomic E-state index is 11.1. The highest BCUT2D eigenvalue weighted by Gasteiger charge is 2.02. The van der Waals surface area contributed by atoms with Crippen molar-refractivity contribution in [2.75, 3.05) is 0 Å². The number of aromatic nitrogens is 1. The van der Waals surface area contributed by atoms with Gasteiger partial charge in [0.15, 0.2) is 5.78 Å². The molecular formula is C13H11NO2S. The van der Waals surface area contributed by atoms with Crippen LogP contribution >= 0.6 is 12.6 Å². The molecule has 1 aromatic heterocycles. The third kappa shape index (κ3) is 3.07. The van der Waals surface area contributed by atoms with Gasteiger partial charge in [-0.2, -0.15) is 0 Å². The van der Waals surface area contributed by atoms with Crippen LogP contribution in [0.1, 0.15) is 17.3 Å². The Balaban J connectivity index is 2.16. The molecule has 2 aromatic rings. The van der Waals surface area contributed by atoms with Crippen LogP contribution in [0.2, 0.25) is 0 Å². The number of rotatable bonds is 3. The highest BCUT2D eigenvalue weighted by Crippen LogP contribution is 2.21. The number of ketones is 1. The Kier molecular flexibility index (Phi) is 3.44. The summed E-state index contributed by atoms with van der Waals surface area (Å²) in [4.78, 5) is 15.9. The fraction of sp³-hybridized carbons (Fsp3) is 0.0769. The minimum absolute atomic E-state index is 0.0126. The van der Waals surface area contributed by atoms with E-state index in [2.05, 4.69) is 17.6 Å². The van der Waals surface area contributed by atoms with Gasteiger partial charge in [0.1, 0.15) is 5.75 Å². The van der Waals surface area contributed by atoms with Crippen molar-refractivity contribution in [2.45, 2.75) is 11.8 Å². The van der Waals surface area contributed by atoms with Crippen LogP contribution < -0.4 is 4.74 Å². The van der Waals surface area contributed by atoms with Gasteiger partial charge in [0.25, 0.3) is 0 Å². The van der Waals surface area contributed by atoms with Crippen molar-refractivity contribution in [3.05, 3.63) is 48.2 Å². The first-order valence-electron chi connectivity index (χ1n) is 5.09. The second kappa shape index (κ2) is 5.01. The van der Waals surface area contributed by atoms with Crippen molar-refractivity contribution in [1.82, 2.24) is 4.98 Å². The van der Waals surface area contributed by atoms with E-state index in [4.69, 9.17) is 4.74 Å². The molecule has 4 heteroatoms. The van der Waals surface area contributed by atoms with Gasteiger partial charge in [-0.15, -0.1) is 12.6 Å². The topological polar surface area (TPSA) is 39.2 Å². The Hall–Kier alpha value is -1.81. The summed E-state index contributed by atoms with van der Waals surface area (Å²) in [5.74, 6) is 1.11. The molecule has 0 radical (unpaired) electrons. The zero-order valence-electron chi connectivity index (χ0n) is 9.25. The molecule has 0 N–H and O–H groups in total. The Morgan fingerprint density at radius 1 is 1.29 bits per heavy atom. The van der Waals surface area contributed by atoms with E-state index < -0.39 is 0 Å². The molecule has 0 spiro atoms. The van der Waals surface area contributed by atoms with Gasteiger partial charge in [-0.25, -0.2) is 4.98 Å². The van der Waals surface area contributed by atoms with Gasteiger partial charge >= 0.3 is 0 Å². The maximum atomic E-state index is 11.1. The summed E-state index contributed by atoms with van der Waals surface area (Å²) in [6.07, 6.45) is 1.50. The predicted molar refractivity (Wildman–Crippen MR) is 68.0 cm³/mol. The normalized spacial score (nSPS) is 10.0. The second-order valence-electron chi connectivity index (χ2n) is 3.54. The van der Waals surface area contributed by atoms with Crippen LogP contribution in [0.15, 0.2) is 47.5 Å². The molecule has 0 bridgehead atoms. The molecule has 0 unspecified atom stereocenters. The van der Waals surface area contributed by atoms with Crippen molar-refractivity contribution < 1.29 is 9.53 Å². The fourth-order valence-electron chi connectivity index (χ4n) is 1.32. The summed E-state index contributed by atoms with van der Waals surface area (Å²) < 4.78 is 5.52. The second-order valence-corrected chi connectivity index (χ2v) is 4.06. The number of hydrogen-bond donors (Lipinski definition) is 1. The monoisotopic (exact) mass is 245 g/mol. The molecule has 0 aliphatic heterocycles. The molecule has 3 nitrogen and oxygen atoms in total. The molecule has 1 heterocycles. The highest BCUT2D eigenvalue weighted by atomic mass is 32.1. The van der Waals surface area contributed by atoms with Crippen LogP contribution in [0, 0.1) is 0 Å². The van der Waals surface area contributed by atoms with Gasteiger partial charge in [0.05, 0.1) is 0 Å². The summed E-state index contributed by atoms with van der Waals surface area (Å²) in [5, 5.41) is 0. The minimum atomic E-state index is -0.0126. The number of carbonyl (C=O) groups excluding carboxylic acids is 1. The maximum Gasteiger partial charge on any atom is 0.219 e. The van der Waals surface area contributed by atoms with Crippen LogP contribution in [-0.2, 0) is 0 Å². The number of pyridine rings is 1. The first-order chi connectivity index (χ1) is 8.15. The molecule has 0 fully saturated rings. The summed E-state index contributed by atoms with van der Waals surface area (Å²) in [6.45, 7) is 1.50. The van der Waals surface area contributed by atoms with E-state index in [0.717, 1.165) is 4.90 Å². The quantitative estimate of drug-likeness (QED) is 0.665. The molecular weight excluding hydrogens is 234 g/mol. The van der Waals surface area contributed by atoms with E-state index >= 15 is 0 Å². The largest absolute Gasteiger partial charge is 0.439 e. The van der Waals surface area contributed by atoms with Crippen molar-refractivity contribution in [3.63, 3.8) is 0 Å². The first kappa shape index (κ1) is 11.7. The molecule has 86 valence electrons. The smallest absolute Gasteiger partial charge is 0.219 e. The summed E-state index contributed by atoms with van der Waals surface area (Å²) in [5.41, 5.74) is 0.570. The number of nitrogens with zero attached hydrogens (tertiary/aromatic N) is 1. The zero-order valence-corrected chi connectivity index (χ0v) is 10.1. The van der Waals surface area contributed by atoms with Gasteiger partial charge in [0, 0.05) is 22.7 Å². The molecule has 0 saturated carbocycles. The number of hydrogen-bond acceptors (Lipinski definition) is 4. The summed E-state index contributed by atoms with van der Waals surface area (Å²) in [7, 11) is 0. The summed E-state index contributed by atoms with van der Waals surface area (Å²) in [6, 6.07) is 10.7. The molecule has 1 aromatic carbocycles. The summed E-state index contributed by atoms with van der Waals surface area (Å²) >= 11 is 4.22. The highest BCUT2D eigenvalue weighted by molar-refractivity contribution is 7.80. The average Bonchev–Trinajstić information content (AvgIpc) is 2.29. The van der Waals surface area contributed by atoms with E-state index in [1.54, 1.807) is 18.2 Å². The Bertz CT molecular complexity index is 537. The number of Topliss-reactive ketones (excluding diaryl/α,β-unsaturated/α-hetero) is 1. The lowest BCUT2D eigenvalue weighted by molar-refractivity contribution is 0.101. The Morgan fingerprint density at radius 2 is 2.12 bits per heavy atom. The van der Waals surface area contributed by atoms with E-state index in [1.165, 1.54) is 13.1 Å². The predicted octanol–water partition coefficient (Wildman–Crippen LogP) is 3.37. The number of benzene rings is 1. The van der Waals surface area contributed by atoms with E-state index in [9.17, 15) is 4.79 Å². The van der Waals surface area contributed by atoms with Crippen LogP contribution in [-0.4, -0.2) is 10.8 Å². The molecule has 17 heavy (non-hydrogen) atoms. The van der Waals surface area contributed by atoms with Crippen LogP contribution in [0.4, 0.5) is 0 Å². The van der Waals surface area contributed by atoms with Crippen LogP contribution in [0.25, 0.3) is 0 Å². The SMILES string of the molecule is CC(=O)c1ccc(Oc2cccc(S)c2)nc1. The molecule has 0 atom stereocenters. The molecule has 0 amide bonds. The molecule has 0 aliphatic carbocycles. The van der Waals surface area contributed by atoms with Crippen molar-refractivity contribution >= 4 is 18.4 Å². The van der Waals surface area contributed by atoms with E-state index in [-0.39, 0.29) is 5.78 Å².